The van der Waals surface area contributed by atoms with E-state index >= 15 is 0 Å². The number of halogens is 2. The number of rotatable bonds is 9. The summed E-state index contributed by atoms with van der Waals surface area (Å²) in [4.78, 5) is 40.4. The Morgan fingerprint density at radius 3 is 2.46 bits per heavy atom. The van der Waals surface area contributed by atoms with Gasteiger partial charge in [0.25, 0.3) is 11.5 Å². The quantitative estimate of drug-likeness (QED) is 0.419. The number of benzene rings is 1. The van der Waals surface area contributed by atoms with Crippen LogP contribution in [0.1, 0.15) is 68.3 Å². The fourth-order valence-electron chi connectivity index (χ4n) is 5.77. The molecule has 1 unspecified atom stereocenters. The van der Waals surface area contributed by atoms with Crippen molar-refractivity contribution >= 4 is 39.0 Å². The zero-order chi connectivity index (χ0) is 29.4. The first-order valence-electron chi connectivity index (χ1n) is 13.8. The molecule has 2 saturated carbocycles. The zero-order valence-corrected chi connectivity index (χ0v) is 23.6. The van der Waals surface area contributed by atoms with Gasteiger partial charge in [-0.05, 0) is 74.8 Å². The Hall–Kier alpha value is -3.48. The summed E-state index contributed by atoms with van der Waals surface area (Å²) in [7, 11) is -4.06. The maximum absolute atomic E-state index is 13.8. The lowest BCUT2D eigenvalue weighted by molar-refractivity contribution is -0.139. The van der Waals surface area contributed by atoms with E-state index in [4.69, 9.17) is 4.74 Å². The van der Waals surface area contributed by atoms with Crippen molar-refractivity contribution in [2.24, 2.45) is 5.41 Å². The van der Waals surface area contributed by atoms with E-state index in [1.165, 1.54) is 47.9 Å². The molecule has 2 N–H and O–H groups in total. The second-order valence-corrected chi connectivity index (χ2v) is 12.9. The van der Waals surface area contributed by atoms with Crippen molar-refractivity contribution in [1.29, 1.82) is 0 Å². The lowest BCUT2D eigenvalue weighted by Crippen LogP contribution is -2.36. The molecule has 1 atom stereocenters. The van der Waals surface area contributed by atoms with Crippen molar-refractivity contribution in [2.45, 2.75) is 63.8 Å². The van der Waals surface area contributed by atoms with Crippen LogP contribution in [0.5, 0.6) is 0 Å². The van der Waals surface area contributed by atoms with Crippen molar-refractivity contribution in [3.63, 3.8) is 0 Å². The van der Waals surface area contributed by atoms with Gasteiger partial charge in [0.05, 0.1) is 23.5 Å². The molecule has 41 heavy (non-hydrogen) atoms. The lowest BCUT2D eigenvalue weighted by atomic mass is 9.93. The predicted molar refractivity (Wildman–Crippen MR) is 150 cm³/mol. The molecule has 1 amide bonds. The monoisotopic (exact) mass is 592 g/mol. The number of pyridine rings is 1. The van der Waals surface area contributed by atoms with Gasteiger partial charge in [-0.2, -0.15) is 0 Å². The van der Waals surface area contributed by atoms with Gasteiger partial charge in [-0.1, -0.05) is 0 Å². The van der Waals surface area contributed by atoms with Gasteiger partial charge < -0.3 is 19.5 Å². The van der Waals surface area contributed by atoms with Crippen molar-refractivity contribution in [3.8, 4) is 0 Å². The fourth-order valence-corrected chi connectivity index (χ4v) is 6.72. The second-order valence-electron chi connectivity index (χ2n) is 11.2. The highest BCUT2D eigenvalue weighted by atomic mass is 32.2. The third-order valence-corrected chi connectivity index (χ3v) is 9.41. The van der Waals surface area contributed by atoms with Gasteiger partial charge in [-0.15, -0.1) is 0 Å². The number of carbonyl (C=O) groups excluding carboxylic acids is 2. The summed E-state index contributed by atoms with van der Waals surface area (Å²) in [5, 5.41) is 2.64. The van der Waals surface area contributed by atoms with Crippen molar-refractivity contribution in [2.75, 3.05) is 40.4 Å². The zero-order valence-electron chi connectivity index (χ0n) is 22.8. The third-order valence-electron chi connectivity index (χ3n) is 8.24. The van der Waals surface area contributed by atoms with Crippen LogP contribution in [0.4, 0.5) is 25.8 Å². The van der Waals surface area contributed by atoms with Crippen LogP contribution in [0.2, 0.25) is 0 Å². The summed E-state index contributed by atoms with van der Waals surface area (Å²) in [6, 6.07) is 6.74. The Kier molecular flexibility index (Phi) is 7.84. The number of hydrogen-bond donors (Lipinski definition) is 2. The number of esters is 1. The second kappa shape index (κ2) is 11.1. The van der Waals surface area contributed by atoms with Gasteiger partial charge in [0.15, 0.2) is 5.75 Å². The highest BCUT2D eigenvalue weighted by Gasteiger charge is 2.45. The molecule has 1 aromatic carbocycles. The molecular weight excluding hydrogens is 558 g/mol. The van der Waals surface area contributed by atoms with Gasteiger partial charge in [-0.25, -0.2) is 17.2 Å². The van der Waals surface area contributed by atoms with E-state index in [1.54, 1.807) is 13.0 Å². The van der Waals surface area contributed by atoms with E-state index in [0.717, 1.165) is 12.8 Å². The molecule has 2 aliphatic carbocycles. The molecule has 1 spiro atoms. The average Bonchev–Trinajstić information content (AvgIpc) is 3.55. The predicted octanol–water partition coefficient (Wildman–Crippen LogP) is 4.15. The van der Waals surface area contributed by atoms with Crippen LogP contribution in [0.3, 0.4) is 0 Å². The summed E-state index contributed by atoms with van der Waals surface area (Å²) in [6.07, 6.45) is 5.14. The number of carbonyl (C=O) groups is 2. The minimum Gasteiger partial charge on any atom is -0.465 e. The Balaban J connectivity index is 1.40. The number of nitrogens with zero attached hydrogens (tertiary/aromatic N) is 2. The summed E-state index contributed by atoms with van der Waals surface area (Å²) >= 11 is 0. The Morgan fingerprint density at radius 2 is 1.83 bits per heavy atom. The van der Waals surface area contributed by atoms with Gasteiger partial charge in [0, 0.05) is 38.2 Å². The molecule has 0 bridgehead atoms. The molecule has 3 aliphatic rings. The highest BCUT2D eigenvalue weighted by molar-refractivity contribution is 7.93. The van der Waals surface area contributed by atoms with Crippen LogP contribution >= 0.6 is 0 Å². The van der Waals surface area contributed by atoms with Gasteiger partial charge in [0.2, 0.25) is 15.9 Å². The summed E-state index contributed by atoms with van der Waals surface area (Å²) in [5.41, 5.74) is 0.643. The van der Waals surface area contributed by atoms with E-state index in [9.17, 15) is 31.6 Å². The van der Waals surface area contributed by atoms with Crippen LogP contribution in [0.25, 0.3) is 0 Å². The molecule has 0 radical (unpaired) electrons. The van der Waals surface area contributed by atoms with Crippen LogP contribution in [-0.2, 0) is 19.6 Å². The maximum atomic E-state index is 13.8. The van der Waals surface area contributed by atoms with E-state index in [1.807, 2.05) is 4.90 Å². The smallest absolute Gasteiger partial charge is 0.323 e. The number of alkyl halides is 2. The molecule has 222 valence electrons. The molecule has 3 fully saturated rings. The molecule has 13 heteroatoms. The summed E-state index contributed by atoms with van der Waals surface area (Å²) < 4.78 is 61.1. The molecule has 5 rings (SSSR count). The van der Waals surface area contributed by atoms with Gasteiger partial charge in [0.1, 0.15) is 5.69 Å². The van der Waals surface area contributed by atoms with Crippen LogP contribution in [-0.4, -0.2) is 56.2 Å². The first-order chi connectivity index (χ1) is 19.4. The van der Waals surface area contributed by atoms with E-state index < -0.39 is 51.6 Å². The maximum Gasteiger partial charge on any atom is 0.323 e. The Morgan fingerprint density at radius 1 is 1.10 bits per heavy atom. The topological polar surface area (TPSA) is 127 Å². The molecule has 1 aromatic heterocycles. The standard InChI is InChI=1S/C28H34F2N4O6S/c1-2-40-24(35)18-41(38,39)32-19-5-6-21(23(16-19)33-14-11-27(9-10-27)12-15-33)25(36)31-22-4-3-13-34(26(22)37)20-7-8-28(29,30)17-20/h3-6,13,16,20,32H,2,7-12,14-15,17-18H2,1H3,(H,31,36). The molecular formula is C28H34F2N4O6S. The number of hydrogen-bond acceptors (Lipinski definition) is 7. The number of anilines is 3. The van der Waals surface area contributed by atoms with Gasteiger partial charge in [-0.3, -0.25) is 19.1 Å². The highest BCUT2D eigenvalue weighted by Crippen LogP contribution is 2.54. The molecule has 10 nitrogen and oxygen atoms in total. The number of piperidine rings is 1. The van der Waals surface area contributed by atoms with Crippen molar-refractivity contribution in [1.82, 2.24) is 4.57 Å². The molecule has 2 heterocycles. The van der Waals surface area contributed by atoms with Crippen LogP contribution in [0.15, 0.2) is 41.3 Å². The summed E-state index contributed by atoms with van der Waals surface area (Å²) in [6.45, 7) is 2.98. The normalized spacial score (nSPS) is 21.0. The third kappa shape index (κ3) is 6.71. The number of aromatic nitrogens is 1. The lowest BCUT2D eigenvalue weighted by Gasteiger charge is -2.35. The van der Waals surface area contributed by atoms with Gasteiger partial charge >= 0.3 is 5.97 Å². The number of amides is 1. The molecule has 2 aromatic rings. The first-order valence-corrected chi connectivity index (χ1v) is 15.5. The van der Waals surface area contributed by atoms with Crippen LogP contribution in [0, 0.1) is 5.41 Å². The van der Waals surface area contributed by atoms with Crippen molar-refractivity contribution in [3.05, 3.63) is 52.4 Å². The number of ether oxygens (including phenoxy) is 1. The molecule has 1 aliphatic heterocycles. The van der Waals surface area contributed by atoms with E-state index in [2.05, 4.69) is 10.0 Å². The van der Waals surface area contributed by atoms with Crippen LogP contribution < -0.4 is 20.5 Å². The minimum absolute atomic E-state index is 0.0338. The first kappa shape index (κ1) is 29.0. The largest absolute Gasteiger partial charge is 0.465 e. The van der Waals surface area contributed by atoms with E-state index in [0.29, 0.717) is 24.2 Å². The number of nitrogens with one attached hydrogen (secondary N) is 2. The van der Waals surface area contributed by atoms with E-state index in [-0.39, 0.29) is 36.4 Å². The molecule has 1 saturated heterocycles. The minimum atomic E-state index is -4.06. The SMILES string of the molecule is CCOC(=O)CS(=O)(=O)Nc1ccc(C(=O)Nc2cccn(C3CCC(F)(F)C3)c2=O)c(N2CCC3(CC2)CC3)c1. The van der Waals surface area contributed by atoms with Crippen molar-refractivity contribution < 1.29 is 31.5 Å². The number of sulfonamides is 1. The average molecular weight is 593 g/mol. The summed E-state index contributed by atoms with van der Waals surface area (Å²) in [5.74, 6) is -5.14. The Bertz CT molecular complexity index is 1500. The Labute approximate surface area is 237 Å². The fraction of sp³-hybridized carbons (Fsp3) is 0.536.